The molecule has 1 spiro atoms. The Labute approximate surface area is 223 Å². The van der Waals surface area contributed by atoms with E-state index in [0.29, 0.717) is 12.8 Å². The number of ketones is 1. The molecule has 0 unspecified atom stereocenters. The Balaban J connectivity index is 1.83. The predicted octanol–water partition coefficient (Wildman–Crippen LogP) is 3.66. The van der Waals surface area contributed by atoms with Crippen molar-refractivity contribution in [2.45, 2.75) is 117 Å². The highest BCUT2D eigenvalue weighted by molar-refractivity contribution is 6.07. The fourth-order valence-electron chi connectivity index (χ4n) is 9.41. The van der Waals surface area contributed by atoms with E-state index in [4.69, 9.17) is 23.7 Å². The van der Waals surface area contributed by atoms with E-state index in [-0.39, 0.29) is 29.1 Å². The second-order valence-electron chi connectivity index (χ2n) is 13.3. The number of fused-ring (bicyclic) bond motifs is 2. The third-order valence-electron chi connectivity index (χ3n) is 10.3. The molecule has 0 aromatic carbocycles. The third-order valence-corrected chi connectivity index (χ3v) is 10.3. The van der Waals surface area contributed by atoms with Gasteiger partial charge in [0.2, 0.25) is 0 Å². The van der Waals surface area contributed by atoms with Gasteiger partial charge in [0, 0.05) is 44.1 Å². The maximum Gasteiger partial charge on any atom is 0.302 e. The second kappa shape index (κ2) is 8.13. The lowest BCUT2D eigenvalue weighted by atomic mass is 9.38. The molecule has 4 aliphatic carbocycles. The van der Waals surface area contributed by atoms with Crippen molar-refractivity contribution in [3.63, 3.8) is 0 Å². The van der Waals surface area contributed by atoms with E-state index in [1.807, 2.05) is 6.92 Å². The molecular formula is C29H40O9. The van der Waals surface area contributed by atoms with Crippen molar-refractivity contribution in [3.05, 3.63) is 12.2 Å². The highest BCUT2D eigenvalue weighted by Crippen LogP contribution is 2.75. The Kier molecular flexibility index (Phi) is 5.84. The Bertz CT molecular complexity index is 1120. The van der Waals surface area contributed by atoms with Gasteiger partial charge < -0.3 is 23.7 Å². The lowest BCUT2D eigenvalue weighted by Crippen LogP contribution is -2.75. The molecule has 2 bridgehead atoms. The zero-order valence-corrected chi connectivity index (χ0v) is 23.7. The molecule has 0 N–H and O–H groups in total. The smallest absolute Gasteiger partial charge is 0.302 e. The summed E-state index contributed by atoms with van der Waals surface area (Å²) in [5.74, 6) is -3.59. The van der Waals surface area contributed by atoms with E-state index in [0.717, 1.165) is 6.42 Å². The van der Waals surface area contributed by atoms with E-state index in [9.17, 15) is 19.2 Å². The minimum atomic E-state index is -1.44. The molecule has 9 nitrogen and oxygen atoms in total. The van der Waals surface area contributed by atoms with Gasteiger partial charge in [-0.05, 0) is 44.4 Å². The molecule has 0 amide bonds. The fraction of sp³-hybridized carbons (Fsp3) is 0.793. The van der Waals surface area contributed by atoms with E-state index in [1.54, 1.807) is 13.8 Å². The van der Waals surface area contributed by atoms with Crippen LogP contribution in [0.4, 0.5) is 0 Å². The minimum absolute atomic E-state index is 0.129. The molecule has 210 valence electrons. The van der Waals surface area contributed by atoms with Crippen LogP contribution in [0.25, 0.3) is 0 Å². The minimum Gasteiger partial charge on any atom is -0.462 e. The van der Waals surface area contributed by atoms with Crippen LogP contribution in [0, 0.1) is 28.1 Å². The van der Waals surface area contributed by atoms with Crippen LogP contribution in [-0.4, -0.2) is 59.5 Å². The van der Waals surface area contributed by atoms with Gasteiger partial charge in [-0.2, -0.15) is 0 Å². The van der Waals surface area contributed by atoms with Crippen molar-refractivity contribution in [3.8, 4) is 0 Å². The molecule has 9 heteroatoms. The van der Waals surface area contributed by atoms with Crippen LogP contribution in [0.1, 0.15) is 81.1 Å². The Hall–Kier alpha value is -2.26. The molecular weight excluding hydrogens is 492 g/mol. The standard InChI is InChI=1S/C29H40O9/c1-14-23(33)29-21(36-17(4)32)12-19-25(5,6)11-10-20(35-16(3)31)27(19,9)22(29)18(34-15(2)30)13-28(14)24(29)37-26(7,8)38-28/h18-22,24H,1,10-13H2,2-9H3/t18-,19-,20+,21+,22+,24+,27-,28+,29-/m0/s1. The predicted molar refractivity (Wildman–Crippen MR) is 133 cm³/mol. The normalized spacial score (nSPS) is 45.9. The number of hydrogen-bond donors (Lipinski definition) is 0. The average Bonchev–Trinajstić information content (AvgIpc) is 3.10. The molecule has 9 atom stereocenters. The lowest BCUT2D eigenvalue weighted by Gasteiger charge is -2.68. The summed E-state index contributed by atoms with van der Waals surface area (Å²) in [5, 5.41) is 0. The molecule has 1 aliphatic heterocycles. The van der Waals surface area contributed by atoms with Crippen LogP contribution in [0.5, 0.6) is 0 Å². The molecule has 0 aromatic heterocycles. The molecule has 5 fully saturated rings. The zero-order valence-electron chi connectivity index (χ0n) is 23.7. The van der Waals surface area contributed by atoms with Crippen molar-refractivity contribution < 1.29 is 42.9 Å². The summed E-state index contributed by atoms with van der Waals surface area (Å²) in [6.45, 7) is 18.2. The number of carbonyl (C=O) groups is 4. The number of carbonyl (C=O) groups excluding carboxylic acids is 4. The van der Waals surface area contributed by atoms with Crippen molar-refractivity contribution in [1.29, 1.82) is 0 Å². The summed E-state index contributed by atoms with van der Waals surface area (Å²) in [5.41, 5.74) is -3.49. The van der Waals surface area contributed by atoms with Gasteiger partial charge >= 0.3 is 17.9 Å². The Morgan fingerprint density at radius 1 is 0.921 bits per heavy atom. The largest absolute Gasteiger partial charge is 0.462 e. The van der Waals surface area contributed by atoms with Crippen LogP contribution in [0.3, 0.4) is 0 Å². The van der Waals surface area contributed by atoms with Gasteiger partial charge in [-0.1, -0.05) is 27.4 Å². The van der Waals surface area contributed by atoms with Crippen molar-refractivity contribution >= 4 is 23.7 Å². The van der Waals surface area contributed by atoms with Gasteiger partial charge in [0.25, 0.3) is 0 Å². The Morgan fingerprint density at radius 3 is 2.08 bits per heavy atom. The molecule has 38 heavy (non-hydrogen) atoms. The van der Waals surface area contributed by atoms with Gasteiger partial charge in [-0.3, -0.25) is 19.2 Å². The monoisotopic (exact) mass is 532 g/mol. The first kappa shape index (κ1) is 27.3. The second-order valence-corrected chi connectivity index (χ2v) is 13.3. The molecule has 0 radical (unpaired) electrons. The topological polar surface area (TPSA) is 114 Å². The lowest BCUT2D eigenvalue weighted by molar-refractivity contribution is -0.285. The molecule has 5 rings (SSSR count). The summed E-state index contributed by atoms with van der Waals surface area (Å²) >= 11 is 0. The van der Waals surface area contributed by atoms with E-state index >= 15 is 0 Å². The first-order valence-electron chi connectivity index (χ1n) is 13.6. The fourth-order valence-corrected chi connectivity index (χ4v) is 9.41. The molecule has 1 saturated heterocycles. The van der Waals surface area contributed by atoms with Crippen molar-refractivity contribution in [2.75, 3.05) is 0 Å². The maximum atomic E-state index is 14.6. The van der Waals surface area contributed by atoms with Crippen LogP contribution in [0.2, 0.25) is 0 Å². The number of rotatable bonds is 3. The summed E-state index contributed by atoms with van der Waals surface area (Å²) in [6.07, 6.45) is -1.12. The number of esters is 3. The van der Waals surface area contributed by atoms with E-state index in [1.165, 1.54) is 20.8 Å². The number of hydrogen-bond acceptors (Lipinski definition) is 9. The van der Waals surface area contributed by atoms with Gasteiger partial charge in [0.15, 0.2) is 11.6 Å². The first-order chi connectivity index (χ1) is 17.4. The van der Waals surface area contributed by atoms with Gasteiger partial charge in [-0.25, -0.2) is 0 Å². The summed E-state index contributed by atoms with van der Waals surface area (Å²) in [7, 11) is 0. The first-order valence-corrected chi connectivity index (χ1v) is 13.6. The van der Waals surface area contributed by atoms with Crippen LogP contribution in [0.15, 0.2) is 12.2 Å². The average molecular weight is 533 g/mol. The van der Waals surface area contributed by atoms with Crippen molar-refractivity contribution in [2.24, 2.45) is 28.1 Å². The van der Waals surface area contributed by atoms with Gasteiger partial charge in [-0.15, -0.1) is 0 Å². The summed E-state index contributed by atoms with van der Waals surface area (Å²) in [6, 6.07) is 0. The molecule has 5 aliphatic rings. The van der Waals surface area contributed by atoms with Gasteiger partial charge in [0.05, 0.1) is 0 Å². The van der Waals surface area contributed by atoms with E-state index < -0.39 is 70.5 Å². The summed E-state index contributed by atoms with van der Waals surface area (Å²) in [4.78, 5) is 52.0. The van der Waals surface area contributed by atoms with Crippen molar-refractivity contribution in [1.82, 2.24) is 0 Å². The molecule has 0 aromatic rings. The quantitative estimate of drug-likeness (QED) is 0.305. The number of Topliss-reactive ketones (excluding diaryl/α,β-unsaturated/α-hetero) is 1. The highest BCUT2D eigenvalue weighted by atomic mass is 16.8. The molecule has 4 saturated carbocycles. The SMILES string of the molecule is C=C1C(=O)[C@]23[C@H]([C@@H](OC(C)=O)C[C@@]14OC(C)(C)O[C@@H]24)[C@]1(C)[C@H](OC(C)=O)CCC(C)(C)[C@@H]1C[C@H]3OC(C)=O. The Morgan fingerprint density at radius 2 is 1.50 bits per heavy atom. The third kappa shape index (κ3) is 3.36. The van der Waals surface area contributed by atoms with Crippen LogP contribution < -0.4 is 0 Å². The number of ether oxygens (including phenoxy) is 5. The summed E-state index contributed by atoms with van der Waals surface area (Å²) < 4.78 is 31.1. The van der Waals surface area contributed by atoms with Crippen LogP contribution >= 0.6 is 0 Å². The highest BCUT2D eigenvalue weighted by Gasteiger charge is 2.86. The molecule has 1 heterocycles. The maximum absolute atomic E-state index is 14.6. The van der Waals surface area contributed by atoms with E-state index in [2.05, 4.69) is 20.4 Å². The van der Waals surface area contributed by atoms with Gasteiger partial charge in [0.1, 0.15) is 35.4 Å². The van der Waals surface area contributed by atoms with Crippen LogP contribution in [-0.2, 0) is 42.9 Å². The zero-order chi connectivity index (χ0) is 28.2.